The third-order valence-corrected chi connectivity index (χ3v) is 3.09. The molecule has 0 aromatic heterocycles. The molecule has 10 radical (unpaired) electrons. The molecule has 2 N–H and O–H groups in total. The standard InChI is InChI=1S/C14H16O2/c1-9-5-3-7-11(9)13(15)14(16)12-8-4-6-10(12)2/h3-8,13-16H,1-2H3/t13-,14-/m1/s1. The Morgan fingerprint density at radius 2 is 1.12 bits per heavy atom. The highest BCUT2D eigenvalue weighted by atomic mass is 16.3. The molecular weight excluding hydrogens is 200 g/mol. The maximum Gasteiger partial charge on any atom is 0.0876 e. The highest BCUT2D eigenvalue weighted by molar-refractivity contribution is 5.50. The van der Waals surface area contributed by atoms with Crippen molar-refractivity contribution in [2.24, 2.45) is 0 Å². The van der Waals surface area contributed by atoms with E-state index in [-0.39, 0.29) is 0 Å². The number of hydrogen-bond donors (Lipinski definition) is 2. The molecule has 0 heterocycles. The van der Waals surface area contributed by atoms with Crippen molar-refractivity contribution in [3.05, 3.63) is 62.2 Å². The van der Waals surface area contributed by atoms with Crippen LogP contribution in [0.1, 0.15) is 13.8 Å². The Kier molecular flexibility index (Phi) is 3.91. The largest absolute Gasteiger partial charge is 0.390 e. The van der Waals surface area contributed by atoms with Crippen LogP contribution in [0.5, 0.6) is 0 Å². The molecule has 0 spiro atoms. The molecule has 0 unspecified atom stereocenters. The number of hydrogen-bond acceptors (Lipinski definition) is 2. The highest BCUT2D eigenvalue weighted by Crippen LogP contribution is 2.42. The molecule has 2 rings (SSSR count). The first-order valence-electron chi connectivity index (χ1n) is 5.42. The molecule has 2 atom stereocenters. The molecule has 0 amide bonds. The van der Waals surface area contributed by atoms with Crippen LogP contribution in [0.15, 0.2) is 0 Å². The van der Waals surface area contributed by atoms with E-state index in [0.717, 1.165) is 23.7 Å². The van der Waals surface area contributed by atoms with Gasteiger partial charge in [0.1, 0.15) is 0 Å². The first-order chi connectivity index (χ1) is 7.61. The number of aliphatic hydroxyl groups excluding tert-OH is 2. The summed E-state index contributed by atoms with van der Waals surface area (Å²) in [7, 11) is 0. The van der Waals surface area contributed by atoms with Crippen molar-refractivity contribution < 1.29 is 10.2 Å². The third-order valence-electron chi connectivity index (χ3n) is 3.09. The molecule has 0 saturated heterocycles. The molecule has 2 aliphatic rings. The second-order valence-corrected chi connectivity index (χ2v) is 4.22. The molecule has 2 fully saturated rings. The zero-order valence-corrected chi connectivity index (χ0v) is 9.51. The Balaban J connectivity index is 1.95. The van der Waals surface area contributed by atoms with Gasteiger partial charge in [0.25, 0.3) is 0 Å². The quantitative estimate of drug-likeness (QED) is 0.746. The molecule has 0 bridgehead atoms. The molecule has 2 nitrogen and oxygen atoms in total. The van der Waals surface area contributed by atoms with Crippen LogP contribution < -0.4 is 0 Å². The van der Waals surface area contributed by atoms with Crippen LogP contribution in [0.25, 0.3) is 0 Å². The fourth-order valence-corrected chi connectivity index (χ4v) is 2.05. The SMILES string of the molecule is C[C]1[CH][CH][CH][C]1[C@@H](O)[C@H](O)[C]1[CH][CH][CH][C]1C. The van der Waals surface area contributed by atoms with Gasteiger partial charge < -0.3 is 10.2 Å². The molecule has 0 aromatic rings. The monoisotopic (exact) mass is 216 g/mol. The van der Waals surface area contributed by atoms with Gasteiger partial charge in [-0.05, 0) is 50.4 Å². The Bertz CT molecular complexity index is 205. The molecule has 84 valence electrons. The summed E-state index contributed by atoms with van der Waals surface area (Å²) in [5.74, 6) is 3.62. The minimum Gasteiger partial charge on any atom is -0.390 e. The zero-order valence-electron chi connectivity index (χ0n) is 9.51. The van der Waals surface area contributed by atoms with E-state index in [4.69, 9.17) is 0 Å². The van der Waals surface area contributed by atoms with E-state index < -0.39 is 12.2 Å². The van der Waals surface area contributed by atoms with Gasteiger partial charge in [0.2, 0.25) is 0 Å². The van der Waals surface area contributed by atoms with Crippen LogP contribution >= 0.6 is 0 Å². The average Bonchev–Trinajstić information content (AvgIpc) is 2.85. The van der Waals surface area contributed by atoms with E-state index in [2.05, 4.69) is 0 Å². The highest BCUT2D eigenvalue weighted by Gasteiger charge is 2.41. The average molecular weight is 216 g/mol. The maximum absolute atomic E-state index is 10.1. The van der Waals surface area contributed by atoms with E-state index >= 15 is 0 Å². The van der Waals surface area contributed by atoms with Crippen molar-refractivity contribution in [2.75, 3.05) is 0 Å². The number of aliphatic hydroxyl groups is 2. The molecular formula is C14H16O2. The molecule has 2 heteroatoms. The van der Waals surface area contributed by atoms with E-state index in [1.165, 1.54) is 0 Å². The van der Waals surface area contributed by atoms with Gasteiger partial charge in [-0.25, -0.2) is 0 Å². The topological polar surface area (TPSA) is 40.5 Å². The molecule has 0 aromatic carbocycles. The van der Waals surface area contributed by atoms with E-state index in [1.54, 1.807) is 0 Å². The van der Waals surface area contributed by atoms with Crippen molar-refractivity contribution >= 4 is 0 Å². The Morgan fingerprint density at radius 1 is 0.750 bits per heavy atom. The van der Waals surface area contributed by atoms with Crippen molar-refractivity contribution in [1.82, 2.24) is 0 Å². The third kappa shape index (κ3) is 2.28. The van der Waals surface area contributed by atoms with Crippen molar-refractivity contribution in [2.45, 2.75) is 26.1 Å². The van der Waals surface area contributed by atoms with Crippen LogP contribution in [0.2, 0.25) is 0 Å². The van der Waals surface area contributed by atoms with Gasteiger partial charge in [-0.15, -0.1) is 0 Å². The van der Waals surface area contributed by atoms with E-state index in [1.807, 2.05) is 52.4 Å². The zero-order chi connectivity index (χ0) is 11.7. The molecule has 0 aliphatic heterocycles. The van der Waals surface area contributed by atoms with Crippen molar-refractivity contribution in [1.29, 1.82) is 0 Å². The van der Waals surface area contributed by atoms with E-state index in [0.29, 0.717) is 0 Å². The normalized spacial score (nSPS) is 30.0. The fraction of sp³-hybridized carbons (Fsp3) is 0.286. The predicted octanol–water partition coefficient (Wildman–Crippen LogP) is 1.30. The van der Waals surface area contributed by atoms with Gasteiger partial charge in [-0.2, -0.15) is 0 Å². The Hall–Kier alpha value is -0.0800. The van der Waals surface area contributed by atoms with Gasteiger partial charge in [-0.3, -0.25) is 0 Å². The van der Waals surface area contributed by atoms with Gasteiger partial charge in [0.15, 0.2) is 0 Å². The Morgan fingerprint density at radius 3 is 1.38 bits per heavy atom. The molecule has 16 heavy (non-hydrogen) atoms. The smallest absolute Gasteiger partial charge is 0.0876 e. The van der Waals surface area contributed by atoms with Crippen LogP contribution in [-0.2, 0) is 0 Å². The minimum atomic E-state index is -0.851. The second kappa shape index (κ2) is 5.05. The number of rotatable bonds is 3. The summed E-state index contributed by atoms with van der Waals surface area (Å²) in [6, 6.07) is 0. The summed E-state index contributed by atoms with van der Waals surface area (Å²) in [6.07, 6.45) is 9.64. The lowest BCUT2D eigenvalue weighted by atomic mass is 9.81. The van der Waals surface area contributed by atoms with Crippen LogP contribution in [-0.4, -0.2) is 22.4 Å². The first-order valence-corrected chi connectivity index (χ1v) is 5.42. The lowest BCUT2D eigenvalue weighted by molar-refractivity contribution is 0.0445. The lowest BCUT2D eigenvalue weighted by Crippen LogP contribution is -2.38. The van der Waals surface area contributed by atoms with Crippen LogP contribution in [0.4, 0.5) is 0 Å². The Labute approximate surface area is 99.1 Å². The summed E-state index contributed by atoms with van der Waals surface area (Å²) < 4.78 is 0. The first kappa shape index (κ1) is 12.4. The van der Waals surface area contributed by atoms with E-state index in [9.17, 15) is 10.2 Å². The second-order valence-electron chi connectivity index (χ2n) is 4.22. The van der Waals surface area contributed by atoms with Crippen LogP contribution in [0.3, 0.4) is 0 Å². The van der Waals surface area contributed by atoms with Gasteiger partial charge in [0.05, 0.1) is 12.2 Å². The summed E-state index contributed by atoms with van der Waals surface area (Å²) in [4.78, 5) is 0. The molecule has 2 aliphatic carbocycles. The van der Waals surface area contributed by atoms with Crippen molar-refractivity contribution in [3.8, 4) is 0 Å². The predicted molar refractivity (Wildman–Crippen MR) is 62.1 cm³/mol. The molecule has 2 saturated carbocycles. The summed E-state index contributed by atoms with van der Waals surface area (Å²) in [6.45, 7) is 3.87. The summed E-state index contributed by atoms with van der Waals surface area (Å²) in [5, 5.41) is 20.2. The minimum absolute atomic E-state index is 0.799. The van der Waals surface area contributed by atoms with Gasteiger partial charge in [0, 0.05) is 11.8 Å². The summed E-state index contributed by atoms with van der Waals surface area (Å²) in [5.41, 5.74) is 0. The fourth-order valence-electron chi connectivity index (χ4n) is 2.05. The van der Waals surface area contributed by atoms with Crippen molar-refractivity contribution in [3.63, 3.8) is 0 Å². The van der Waals surface area contributed by atoms with Crippen LogP contribution in [0, 0.1) is 62.2 Å². The van der Waals surface area contributed by atoms with Gasteiger partial charge in [-0.1, -0.05) is 13.8 Å². The summed E-state index contributed by atoms with van der Waals surface area (Å²) >= 11 is 0. The maximum atomic E-state index is 10.1. The lowest BCUT2D eigenvalue weighted by Gasteiger charge is -2.30. The van der Waals surface area contributed by atoms with Gasteiger partial charge >= 0.3 is 0 Å².